The molecule has 124 valence electrons. The normalized spacial score (nSPS) is 10.9. The molecule has 1 amide bonds. The lowest BCUT2D eigenvalue weighted by molar-refractivity contribution is 0.102. The molecule has 3 N–H and O–H groups in total. The zero-order valence-electron chi connectivity index (χ0n) is 13.1. The molecule has 2 aromatic heterocycles. The third-order valence-electron chi connectivity index (χ3n) is 3.60. The monoisotopic (exact) mass is 327 g/mol. The van der Waals surface area contributed by atoms with E-state index in [0.717, 1.165) is 12.8 Å². The van der Waals surface area contributed by atoms with Gasteiger partial charge in [-0.1, -0.05) is 13.3 Å². The van der Waals surface area contributed by atoms with Gasteiger partial charge in [0, 0.05) is 18.3 Å². The van der Waals surface area contributed by atoms with Gasteiger partial charge in [-0.2, -0.15) is 5.10 Å². The second-order valence-electron chi connectivity index (χ2n) is 5.43. The van der Waals surface area contributed by atoms with E-state index in [1.54, 1.807) is 18.2 Å². The molecule has 0 unspecified atom stereocenters. The maximum atomic E-state index is 12.3. The fraction of sp³-hybridized carbons (Fsp3) is 0.250. The van der Waals surface area contributed by atoms with E-state index < -0.39 is 5.91 Å². The summed E-state index contributed by atoms with van der Waals surface area (Å²) in [4.78, 5) is 40.6. The molecule has 8 heteroatoms. The Morgan fingerprint density at radius 3 is 2.75 bits per heavy atom. The summed E-state index contributed by atoms with van der Waals surface area (Å²) in [6, 6.07) is 7.76. The smallest absolute Gasteiger partial charge is 0.321 e. The van der Waals surface area contributed by atoms with Crippen molar-refractivity contribution in [2.45, 2.75) is 26.3 Å². The van der Waals surface area contributed by atoms with E-state index in [4.69, 9.17) is 0 Å². The molecule has 1 aromatic carbocycles. The third kappa shape index (κ3) is 3.27. The highest BCUT2D eigenvalue weighted by molar-refractivity contribution is 6.03. The van der Waals surface area contributed by atoms with Crippen LogP contribution in [0.3, 0.4) is 0 Å². The predicted molar refractivity (Wildman–Crippen MR) is 90.3 cm³/mol. The number of amides is 1. The summed E-state index contributed by atoms with van der Waals surface area (Å²) in [6.07, 6.45) is 1.74. The van der Waals surface area contributed by atoms with Gasteiger partial charge in [0.05, 0.1) is 11.0 Å². The largest absolute Gasteiger partial charge is 0.323 e. The summed E-state index contributed by atoms with van der Waals surface area (Å²) in [6.45, 7) is 2.50. The van der Waals surface area contributed by atoms with Crippen LogP contribution in [0, 0.1) is 0 Å². The average Bonchev–Trinajstić information content (AvgIpc) is 2.93. The van der Waals surface area contributed by atoms with E-state index >= 15 is 0 Å². The van der Waals surface area contributed by atoms with Gasteiger partial charge < -0.3 is 15.3 Å². The Bertz CT molecular complexity index is 999. The molecule has 0 saturated heterocycles. The number of fused-ring (bicyclic) bond motifs is 1. The van der Waals surface area contributed by atoms with Gasteiger partial charge in [-0.15, -0.1) is 0 Å². The number of nitrogens with one attached hydrogen (secondary N) is 3. The molecule has 0 bridgehead atoms. The minimum absolute atomic E-state index is 0.161. The first-order valence-electron chi connectivity index (χ1n) is 7.68. The number of nitrogens with zero attached hydrogens (tertiary/aromatic N) is 2. The van der Waals surface area contributed by atoms with Gasteiger partial charge in [0.2, 0.25) is 0 Å². The Hall–Kier alpha value is -3.16. The number of H-pyrrole nitrogens is 2. The second kappa shape index (κ2) is 6.53. The number of carbonyl (C=O) groups is 1. The SMILES string of the molecule is CCCCn1nc(C(=O)Nc2ccc3[nH]c(=O)[nH]c3c2)ccc1=O. The van der Waals surface area contributed by atoms with Crippen molar-refractivity contribution in [2.24, 2.45) is 0 Å². The molecule has 8 nitrogen and oxygen atoms in total. The van der Waals surface area contributed by atoms with Gasteiger partial charge in [-0.25, -0.2) is 9.48 Å². The highest BCUT2D eigenvalue weighted by Gasteiger charge is 2.11. The number of carbonyl (C=O) groups excluding carboxylic acids is 1. The summed E-state index contributed by atoms with van der Waals surface area (Å²) < 4.78 is 1.30. The number of benzene rings is 1. The van der Waals surface area contributed by atoms with Gasteiger partial charge >= 0.3 is 5.69 Å². The fourth-order valence-electron chi connectivity index (χ4n) is 2.34. The quantitative estimate of drug-likeness (QED) is 0.658. The highest BCUT2D eigenvalue weighted by Crippen LogP contribution is 2.15. The van der Waals surface area contributed by atoms with Crippen molar-refractivity contribution in [3.8, 4) is 0 Å². The molecule has 3 rings (SSSR count). The summed E-state index contributed by atoms with van der Waals surface area (Å²) in [5.74, 6) is -0.419. The molecule has 2 heterocycles. The van der Waals surface area contributed by atoms with Crippen molar-refractivity contribution in [3.05, 3.63) is 56.9 Å². The molecule has 24 heavy (non-hydrogen) atoms. The Kier molecular flexibility index (Phi) is 4.28. The van der Waals surface area contributed by atoms with Crippen LogP contribution in [0.25, 0.3) is 11.0 Å². The number of imidazole rings is 1. The standard InChI is InChI=1S/C16H17N5O3/c1-2-3-8-21-14(22)7-6-12(20-21)15(23)17-10-4-5-11-13(9-10)19-16(24)18-11/h4-7,9H,2-3,8H2,1H3,(H,17,23)(H2,18,19,24). The van der Waals surface area contributed by atoms with Crippen LogP contribution >= 0.6 is 0 Å². The van der Waals surface area contributed by atoms with Gasteiger partial charge in [-0.3, -0.25) is 9.59 Å². The maximum absolute atomic E-state index is 12.3. The van der Waals surface area contributed by atoms with Crippen LogP contribution in [0.4, 0.5) is 5.69 Å². The number of aromatic nitrogens is 4. The third-order valence-corrected chi connectivity index (χ3v) is 3.60. The van der Waals surface area contributed by atoms with E-state index in [1.165, 1.54) is 16.8 Å². The lowest BCUT2D eigenvalue weighted by Crippen LogP contribution is -2.26. The minimum atomic E-state index is -0.419. The van der Waals surface area contributed by atoms with Gasteiger partial charge in [0.1, 0.15) is 5.69 Å². The molecule has 0 spiro atoms. The van der Waals surface area contributed by atoms with Crippen molar-refractivity contribution in [1.29, 1.82) is 0 Å². The Morgan fingerprint density at radius 2 is 1.96 bits per heavy atom. The van der Waals surface area contributed by atoms with Gasteiger partial charge in [-0.05, 0) is 30.7 Å². The van der Waals surface area contributed by atoms with Crippen molar-refractivity contribution in [2.75, 3.05) is 5.32 Å². The Balaban J connectivity index is 1.82. The predicted octanol–water partition coefficient (Wildman–Crippen LogP) is 1.47. The number of aryl methyl sites for hydroxylation is 1. The highest BCUT2D eigenvalue weighted by atomic mass is 16.2. The number of unbranched alkanes of at least 4 members (excludes halogenated alkanes) is 1. The van der Waals surface area contributed by atoms with E-state index in [2.05, 4.69) is 20.4 Å². The van der Waals surface area contributed by atoms with Gasteiger partial charge in [0.15, 0.2) is 0 Å². The van der Waals surface area contributed by atoms with Crippen molar-refractivity contribution < 1.29 is 4.79 Å². The topological polar surface area (TPSA) is 113 Å². The number of rotatable bonds is 5. The van der Waals surface area contributed by atoms with Crippen molar-refractivity contribution in [3.63, 3.8) is 0 Å². The summed E-state index contributed by atoms with van der Waals surface area (Å²) in [7, 11) is 0. The van der Waals surface area contributed by atoms with E-state index in [-0.39, 0.29) is 16.9 Å². The molecule has 3 aromatic rings. The zero-order valence-corrected chi connectivity index (χ0v) is 13.1. The number of hydrogen-bond acceptors (Lipinski definition) is 4. The molecule has 0 radical (unpaired) electrons. The van der Waals surface area contributed by atoms with Gasteiger partial charge in [0.25, 0.3) is 11.5 Å². The molecule has 0 atom stereocenters. The molecular formula is C16H17N5O3. The maximum Gasteiger partial charge on any atom is 0.323 e. The summed E-state index contributed by atoms with van der Waals surface area (Å²) in [5.41, 5.74) is 1.40. The first-order valence-corrected chi connectivity index (χ1v) is 7.68. The summed E-state index contributed by atoms with van der Waals surface area (Å²) in [5, 5.41) is 6.81. The number of aromatic amines is 2. The lowest BCUT2D eigenvalue weighted by Gasteiger charge is -2.07. The molecule has 0 aliphatic carbocycles. The molecule has 0 aliphatic heterocycles. The van der Waals surface area contributed by atoms with Crippen LogP contribution in [0.1, 0.15) is 30.3 Å². The second-order valence-corrected chi connectivity index (χ2v) is 5.43. The first-order chi connectivity index (χ1) is 11.6. The van der Waals surface area contributed by atoms with Crippen molar-refractivity contribution in [1.82, 2.24) is 19.7 Å². The molecular weight excluding hydrogens is 310 g/mol. The van der Waals surface area contributed by atoms with Crippen LogP contribution in [0.5, 0.6) is 0 Å². The zero-order chi connectivity index (χ0) is 17.1. The summed E-state index contributed by atoms with van der Waals surface area (Å²) >= 11 is 0. The van der Waals surface area contributed by atoms with Crippen LogP contribution in [0.15, 0.2) is 39.9 Å². The lowest BCUT2D eigenvalue weighted by atomic mass is 10.2. The van der Waals surface area contributed by atoms with E-state index in [0.29, 0.717) is 23.3 Å². The van der Waals surface area contributed by atoms with Crippen molar-refractivity contribution >= 4 is 22.6 Å². The molecule has 0 saturated carbocycles. The van der Waals surface area contributed by atoms with E-state index in [1.807, 2.05) is 6.92 Å². The Labute approximate surface area is 136 Å². The first kappa shape index (κ1) is 15.7. The van der Waals surface area contributed by atoms with E-state index in [9.17, 15) is 14.4 Å². The van der Waals surface area contributed by atoms with Crippen LogP contribution in [-0.4, -0.2) is 25.7 Å². The number of anilines is 1. The van der Waals surface area contributed by atoms with Crippen LogP contribution in [0.2, 0.25) is 0 Å². The minimum Gasteiger partial charge on any atom is -0.321 e. The van der Waals surface area contributed by atoms with Crippen LogP contribution in [-0.2, 0) is 6.54 Å². The number of hydrogen-bond donors (Lipinski definition) is 3. The molecule has 0 aliphatic rings. The average molecular weight is 327 g/mol. The van der Waals surface area contributed by atoms with Crippen LogP contribution < -0.4 is 16.6 Å². The molecule has 0 fully saturated rings. The Morgan fingerprint density at radius 1 is 1.17 bits per heavy atom. The fourth-order valence-corrected chi connectivity index (χ4v) is 2.34.